The van der Waals surface area contributed by atoms with Crippen LogP contribution in [0.3, 0.4) is 0 Å². The van der Waals surface area contributed by atoms with E-state index in [9.17, 15) is 5.11 Å². The number of rotatable bonds is 7. The van der Waals surface area contributed by atoms with Crippen molar-refractivity contribution >= 4 is 11.0 Å². The number of fused-ring (bicyclic) bond motifs is 1. The Morgan fingerprint density at radius 1 is 0.397 bits per heavy atom. The minimum absolute atomic E-state index is 0.154. The van der Waals surface area contributed by atoms with Crippen LogP contribution in [0.2, 0.25) is 0 Å². The fourth-order valence-corrected chi connectivity index (χ4v) is 9.33. The van der Waals surface area contributed by atoms with Crippen LogP contribution in [0.4, 0.5) is 0 Å². The van der Waals surface area contributed by atoms with Gasteiger partial charge in [-0.2, -0.15) is 0 Å². The van der Waals surface area contributed by atoms with E-state index in [0.29, 0.717) is 5.82 Å². The van der Waals surface area contributed by atoms with Gasteiger partial charge < -0.3 is 5.11 Å². The maximum Gasteiger partial charge on any atom is 0.149 e. The molecule has 0 unspecified atom stereocenters. The van der Waals surface area contributed by atoms with Crippen LogP contribution in [0.1, 0.15) is 105 Å². The molecule has 0 fully saturated rings. The second-order valence-electron chi connectivity index (χ2n) is 22.6. The predicted octanol–water partition coefficient (Wildman–Crippen LogP) is 17.3. The standard InChI is InChI=1S/C64H65N3O/c1-61(2,3)49-35-47(34-48(36-49)55-38-46(32-33-65-55)44-28-26-43(27-29-44)41-20-15-13-16-21-41)51-24-19-25-57-58(51)66-60(52-39-50(62(4,5)6)40-54(59(52)68)64(10,11)12)67(57)56-31-30-45(37-53(56)63(7,8)9)42-22-17-14-18-23-42/h13-40,68H,1-12H3. The van der Waals surface area contributed by atoms with E-state index < -0.39 is 0 Å². The van der Waals surface area contributed by atoms with Crippen LogP contribution in [-0.4, -0.2) is 19.6 Å². The largest absolute Gasteiger partial charge is 0.507 e. The van der Waals surface area contributed by atoms with Crippen molar-refractivity contribution in [2.45, 2.75) is 105 Å². The Balaban J connectivity index is 1.29. The molecule has 342 valence electrons. The van der Waals surface area contributed by atoms with Gasteiger partial charge in [0.1, 0.15) is 11.6 Å². The molecule has 0 atom stereocenters. The van der Waals surface area contributed by atoms with Crippen LogP contribution in [0, 0.1) is 0 Å². The Hall–Kier alpha value is -7.04. The van der Waals surface area contributed by atoms with Crippen LogP contribution < -0.4 is 0 Å². The molecule has 68 heavy (non-hydrogen) atoms. The fraction of sp³-hybridized carbons (Fsp3) is 0.250. The normalized spacial score (nSPS) is 12.5. The number of nitrogens with zero attached hydrogens (tertiary/aromatic N) is 3. The smallest absolute Gasteiger partial charge is 0.149 e. The van der Waals surface area contributed by atoms with Gasteiger partial charge in [0.25, 0.3) is 0 Å². The van der Waals surface area contributed by atoms with Gasteiger partial charge in [-0.05, 0) is 126 Å². The minimum Gasteiger partial charge on any atom is -0.507 e. The molecule has 7 aromatic carbocycles. The van der Waals surface area contributed by atoms with E-state index >= 15 is 0 Å². The lowest BCUT2D eigenvalue weighted by Crippen LogP contribution is -2.18. The first-order valence-corrected chi connectivity index (χ1v) is 24.0. The summed E-state index contributed by atoms with van der Waals surface area (Å²) < 4.78 is 2.31. The second-order valence-corrected chi connectivity index (χ2v) is 22.6. The highest BCUT2D eigenvalue weighted by molar-refractivity contribution is 5.97. The molecule has 0 aliphatic rings. The highest BCUT2D eigenvalue weighted by atomic mass is 16.3. The zero-order valence-corrected chi connectivity index (χ0v) is 42.0. The van der Waals surface area contributed by atoms with E-state index in [0.717, 1.165) is 72.5 Å². The number of phenols is 1. The van der Waals surface area contributed by atoms with Crippen LogP contribution in [-0.2, 0) is 21.7 Å². The molecule has 0 saturated carbocycles. The van der Waals surface area contributed by atoms with Gasteiger partial charge in [-0.15, -0.1) is 0 Å². The van der Waals surface area contributed by atoms with Crippen LogP contribution in [0.5, 0.6) is 5.75 Å². The van der Waals surface area contributed by atoms with Gasteiger partial charge in [-0.1, -0.05) is 198 Å². The number of hydrogen-bond donors (Lipinski definition) is 1. The molecular weight excluding hydrogens is 827 g/mol. The lowest BCUT2D eigenvalue weighted by molar-refractivity contribution is 0.446. The first-order valence-electron chi connectivity index (χ1n) is 24.0. The average molecular weight is 892 g/mol. The summed E-state index contributed by atoms with van der Waals surface area (Å²) >= 11 is 0. The highest BCUT2D eigenvalue weighted by Crippen LogP contribution is 2.46. The lowest BCUT2D eigenvalue weighted by atomic mass is 9.78. The first kappa shape index (κ1) is 46.1. The summed E-state index contributed by atoms with van der Waals surface area (Å²) in [4.78, 5) is 10.7. The van der Waals surface area contributed by atoms with Crippen molar-refractivity contribution in [2.75, 3.05) is 0 Å². The molecule has 2 aromatic heterocycles. The second kappa shape index (κ2) is 17.2. The molecule has 0 saturated heterocycles. The number of imidazole rings is 1. The Bertz CT molecular complexity index is 3290. The molecule has 0 radical (unpaired) electrons. The summed E-state index contributed by atoms with van der Waals surface area (Å²) in [6.07, 6.45) is 1.92. The molecule has 9 aromatic rings. The number of benzene rings is 7. The minimum atomic E-state index is -0.323. The van der Waals surface area contributed by atoms with E-state index in [1.54, 1.807) is 0 Å². The monoisotopic (exact) mass is 892 g/mol. The summed E-state index contributed by atoms with van der Waals surface area (Å²) in [7, 11) is 0. The maximum atomic E-state index is 12.6. The van der Waals surface area contributed by atoms with Crippen molar-refractivity contribution in [3.63, 3.8) is 0 Å². The molecule has 1 N–H and O–H groups in total. The van der Waals surface area contributed by atoms with Crippen molar-refractivity contribution in [3.05, 3.63) is 192 Å². The Kier molecular flexibility index (Phi) is 11.7. The third kappa shape index (κ3) is 9.05. The molecule has 0 spiro atoms. The van der Waals surface area contributed by atoms with E-state index in [2.05, 4.69) is 251 Å². The third-order valence-electron chi connectivity index (χ3n) is 13.4. The van der Waals surface area contributed by atoms with Gasteiger partial charge in [0.2, 0.25) is 0 Å². The molecule has 0 aliphatic heterocycles. The van der Waals surface area contributed by atoms with Gasteiger partial charge in [0.05, 0.1) is 28.0 Å². The molecule has 4 heteroatoms. The Labute approximate surface area is 404 Å². The Morgan fingerprint density at radius 2 is 0.926 bits per heavy atom. The number of phenolic OH excluding ortho intramolecular Hbond substituents is 1. The quantitative estimate of drug-likeness (QED) is 0.173. The van der Waals surface area contributed by atoms with Gasteiger partial charge in [0.15, 0.2) is 0 Å². The van der Waals surface area contributed by atoms with Crippen LogP contribution in [0.25, 0.3) is 83.9 Å². The maximum absolute atomic E-state index is 12.6. The fourth-order valence-electron chi connectivity index (χ4n) is 9.33. The van der Waals surface area contributed by atoms with Crippen molar-refractivity contribution in [1.82, 2.24) is 14.5 Å². The zero-order chi connectivity index (χ0) is 48.3. The van der Waals surface area contributed by atoms with Gasteiger partial charge in [0, 0.05) is 22.9 Å². The third-order valence-corrected chi connectivity index (χ3v) is 13.4. The summed E-state index contributed by atoms with van der Waals surface area (Å²) in [5.74, 6) is 0.971. The number of para-hydroxylation sites is 1. The predicted molar refractivity (Wildman–Crippen MR) is 288 cm³/mol. The van der Waals surface area contributed by atoms with Crippen LogP contribution >= 0.6 is 0 Å². The summed E-state index contributed by atoms with van der Waals surface area (Å²) in [5, 5.41) is 12.6. The lowest BCUT2D eigenvalue weighted by Gasteiger charge is -2.28. The topological polar surface area (TPSA) is 50.9 Å². The number of aromatic hydroxyl groups is 1. The number of pyridine rings is 1. The SMILES string of the molecule is CC(C)(C)c1cc(-c2cc(-c3ccc(-c4ccccc4)cc3)ccn2)cc(-c2cccc3c2nc(-c2cc(C(C)(C)C)cc(C(C)(C)C)c2O)n3-c2ccc(-c3ccccc3)cc2C(C)(C)C)c1. The van der Waals surface area contributed by atoms with Crippen molar-refractivity contribution < 1.29 is 5.11 Å². The summed E-state index contributed by atoms with van der Waals surface area (Å²) in [5.41, 5.74) is 18.1. The summed E-state index contributed by atoms with van der Waals surface area (Å²) in [6.45, 7) is 26.9. The average Bonchev–Trinajstić information content (AvgIpc) is 3.70. The van der Waals surface area contributed by atoms with Gasteiger partial charge in [-0.3, -0.25) is 9.55 Å². The zero-order valence-electron chi connectivity index (χ0n) is 42.0. The molecule has 0 amide bonds. The molecule has 0 aliphatic carbocycles. The molecular formula is C64H65N3O. The van der Waals surface area contributed by atoms with Crippen molar-refractivity contribution in [3.8, 4) is 78.6 Å². The molecule has 9 rings (SSSR count). The van der Waals surface area contributed by atoms with E-state index in [1.165, 1.54) is 27.8 Å². The molecule has 2 heterocycles. The Morgan fingerprint density at radius 3 is 1.53 bits per heavy atom. The summed E-state index contributed by atoms with van der Waals surface area (Å²) in [6, 6.07) is 58.8. The highest BCUT2D eigenvalue weighted by Gasteiger charge is 2.31. The molecule has 4 nitrogen and oxygen atoms in total. The van der Waals surface area contributed by atoms with E-state index in [4.69, 9.17) is 9.97 Å². The van der Waals surface area contributed by atoms with Crippen LogP contribution in [0.15, 0.2) is 170 Å². The van der Waals surface area contributed by atoms with Crippen molar-refractivity contribution in [2.24, 2.45) is 0 Å². The van der Waals surface area contributed by atoms with Gasteiger partial charge >= 0.3 is 0 Å². The number of hydrogen-bond acceptors (Lipinski definition) is 3. The first-order chi connectivity index (χ1) is 32.1. The van der Waals surface area contributed by atoms with Gasteiger partial charge in [-0.25, -0.2) is 4.98 Å². The molecule has 0 bridgehead atoms. The number of aromatic nitrogens is 3. The van der Waals surface area contributed by atoms with Crippen molar-refractivity contribution in [1.29, 1.82) is 0 Å². The van der Waals surface area contributed by atoms with E-state index in [1.807, 2.05) is 6.20 Å². The van der Waals surface area contributed by atoms with E-state index in [-0.39, 0.29) is 27.4 Å².